The van der Waals surface area contributed by atoms with Crippen LogP contribution in [0.5, 0.6) is 5.75 Å². The maximum absolute atomic E-state index is 12.3. The molecule has 0 N–H and O–H groups in total. The predicted octanol–water partition coefficient (Wildman–Crippen LogP) is 3.46. The van der Waals surface area contributed by atoms with Gasteiger partial charge in [0.05, 0.1) is 0 Å². The Kier molecular flexibility index (Phi) is 5.00. The lowest BCUT2D eigenvalue weighted by Gasteiger charge is -2.22. The first-order valence-corrected chi connectivity index (χ1v) is 5.51. The first kappa shape index (κ1) is 14.3. The first-order chi connectivity index (χ1) is 8.42. The summed E-state index contributed by atoms with van der Waals surface area (Å²) in [5.41, 5.74) is 0. The molecule has 3 nitrogen and oxygen atoms in total. The van der Waals surface area contributed by atoms with Crippen LogP contribution < -0.4 is 4.74 Å². The van der Waals surface area contributed by atoms with E-state index in [4.69, 9.17) is 4.74 Å². The number of para-hydroxylation sites is 1. The highest BCUT2D eigenvalue weighted by atomic mass is 19.4. The average Bonchev–Trinajstić information content (AvgIpc) is 2.28. The van der Waals surface area contributed by atoms with Gasteiger partial charge in [-0.3, -0.25) is 4.90 Å². The van der Waals surface area contributed by atoms with Gasteiger partial charge in [0.2, 0.25) is 0 Å². The standard InChI is InChI=1S/C12H14F3NO2/c1-2-8-16(9-12(13,14)15)11(17)18-10-6-4-3-5-7-10/h3-7H,2,8-9H2,1H3. The fourth-order valence-electron chi connectivity index (χ4n) is 1.38. The zero-order valence-electron chi connectivity index (χ0n) is 9.91. The molecule has 0 radical (unpaired) electrons. The van der Waals surface area contributed by atoms with Crippen LogP contribution in [0.4, 0.5) is 18.0 Å². The van der Waals surface area contributed by atoms with Gasteiger partial charge in [-0.25, -0.2) is 4.79 Å². The summed E-state index contributed by atoms with van der Waals surface area (Å²) in [6.07, 6.45) is -4.98. The molecule has 0 bridgehead atoms. The molecule has 6 heteroatoms. The van der Waals surface area contributed by atoms with E-state index < -0.39 is 18.8 Å². The highest BCUT2D eigenvalue weighted by Crippen LogP contribution is 2.18. The Morgan fingerprint density at radius 1 is 1.28 bits per heavy atom. The number of hydrogen-bond acceptors (Lipinski definition) is 2. The number of benzene rings is 1. The zero-order chi connectivity index (χ0) is 13.6. The Hall–Kier alpha value is -1.72. The van der Waals surface area contributed by atoms with Crippen molar-refractivity contribution in [2.24, 2.45) is 0 Å². The van der Waals surface area contributed by atoms with Gasteiger partial charge in [-0.15, -0.1) is 0 Å². The molecule has 0 spiro atoms. The van der Waals surface area contributed by atoms with Gasteiger partial charge in [-0.2, -0.15) is 13.2 Å². The second-order valence-corrected chi connectivity index (χ2v) is 3.72. The third-order valence-electron chi connectivity index (χ3n) is 2.07. The van der Waals surface area contributed by atoms with E-state index in [1.807, 2.05) is 0 Å². The van der Waals surface area contributed by atoms with Crippen LogP contribution in [0.1, 0.15) is 13.3 Å². The molecule has 0 saturated heterocycles. The summed E-state index contributed by atoms with van der Waals surface area (Å²) in [4.78, 5) is 12.2. The minimum atomic E-state index is -4.43. The van der Waals surface area contributed by atoms with Crippen molar-refractivity contribution in [1.29, 1.82) is 0 Å². The van der Waals surface area contributed by atoms with Crippen molar-refractivity contribution in [3.8, 4) is 5.75 Å². The fourth-order valence-corrected chi connectivity index (χ4v) is 1.38. The molecule has 0 aliphatic heterocycles. The Balaban J connectivity index is 2.65. The van der Waals surface area contributed by atoms with E-state index >= 15 is 0 Å². The first-order valence-electron chi connectivity index (χ1n) is 5.51. The Labute approximate surface area is 103 Å². The molecule has 1 aromatic carbocycles. The molecule has 0 aromatic heterocycles. The molecule has 0 unspecified atom stereocenters. The van der Waals surface area contributed by atoms with Crippen LogP contribution in [-0.2, 0) is 0 Å². The van der Waals surface area contributed by atoms with E-state index in [2.05, 4.69) is 0 Å². The lowest BCUT2D eigenvalue weighted by atomic mass is 10.3. The number of ether oxygens (including phenoxy) is 1. The largest absolute Gasteiger partial charge is 0.415 e. The van der Waals surface area contributed by atoms with Crippen LogP contribution in [0.15, 0.2) is 30.3 Å². The molecule has 100 valence electrons. The second kappa shape index (κ2) is 6.28. The lowest BCUT2D eigenvalue weighted by Crippen LogP contribution is -2.41. The molecule has 0 saturated carbocycles. The maximum atomic E-state index is 12.3. The van der Waals surface area contributed by atoms with Crippen LogP contribution in [0.25, 0.3) is 0 Å². The van der Waals surface area contributed by atoms with Crippen molar-refractivity contribution in [3.63, 3.8) is 0 Å². The van der Waals surface area contributed by atoms with Gasteiger partial charge in [0.15, 0.2) is 0 Å². The molecule has 1 amide bonds. The van der Waals surface area contributed by atoms with Crippen molar-refractivity contribution in [2.45, 2.75) is 19.5 Å². The van der Waals surface area contributed by atoms with Gasteiger partial charge < -0.3 is 4.74 Å². The van der Waals surface area contributed by atoms with E-state index in [9.17, 15) is 18.0 Å². The lowest BCUT2D eigenvalue weighted by molar-refractivity contribution is -0.141. The van der Waals surface area contributed by atoms with E-state index in [-0.39, 0.29) is 12.3 Å². The van der Waals surface area contributed by atoms with E-state index in [0.717, 1.165) is 0 Å². The van der Waals surface area contributed by atoms with Gasteiger partial charge in [0.1, 0.15) is 12.3 Å². The number of nitrogens with zero attached hydrogens (tertiary/aromatic N) is 1. The van der Waals surface area contributed by atoms with Crippen LogP contribution in [-0.4, -0.2) is 30.3 Å². The number of amides is 1. The minimum absolute atomic E-state index is 0.00514. The molecule has 0 fully saturated rings. The number of carbonyl (C=O) groups excluding carboxylic acids is 1. The second-order valence-electron chi connectivity index (χ2n) is 3.72. The molecule has 0 atom stereocenters. The highest BCUT2D eigenvalue weighted by molar-refractivity contribution is 5.70. The van der Waals surface area contributed by atoms with Crippen LogP contribution in [0, 0.1) is 0 Å². The fraction of sp³-hybridized carbons (Fsp3) is 0.417. The molecule has 0 aliphatic carbocycles. The minimum Gasteiger partial charge on any atom is -0.410 e. The summed E-state index contributed by atoms with van der Waals surface area (Å²) in [5, 5.41) is 0. The Morgan fingerprint density at radius 3 is 2.39 bits per heavy atom. The normalized spacial score (nSPS) is 11.1. The number of rotatable bonds is 4. The Morgan fingerprint density at radius 2 is 1.89 bits per heavy atom. The van der Waals surface area contributed by atoms with E-state index in [1.165, 1.54) is 12.1 Å². The molecule has 0 aliphatic rings. The van der Waals surface area contributed by atoms with Gasteiger partial charge in [0, 0.05) is 6.54 Å². The van der Waals surface area contributed by atoms with Crippen molar-refractivity contribution >= 4 is 6.09 Å². The number of alkyl halides is 3. The Bertz CT molecular complexity index is 379. The molecule has 1 aromatic rings. The predicted molar refractivity (Wildman–Crippen MR) is 60.4 cm³/mol. The molecule has 18 heavy (non-hydrogen) atoms. The van der Waals surface area contributed by atoms with Gasteiger partial charge in [0.25, 0.3) is 0 Å². The van der Waals surface area contributed by atoms with E-state index in [1.54, 1.807) is 25.1 Å². The van der Waals surface area contributed by atoms with Crippen LogP contribution in [0.2, 0.25) is 0 Å². The molecular formula is C12H14F3NO2. The number of halogens is 3. The highest BCUT2D eigenvalue weighted by Gasteiger charge is 2.33. The summed E-state index contributed by atoms with van der Waals surface area (Å²) >= 11 is 0. The summed E-state index contributed by atoms with van der Waals surface area (Å²) in [5.74, 6) is 0.228. The van der Waals surface area contributed by atoms with Crippen molar-refractivity contribution in [2.75, 3.05) is 13.1 Å². The van der Waals surface area contributed by atoms with Gasteiger partial charge in [-0.1, -0.05) is 25.1 Å². The third kappa shape index (κ3) is 5.07. The summed E-state index contributed by atoms with van der Waals surface area (Å²) in [7, 11) is 0. The summed E-state index contributed by atoms with van der Waals surface area (Å²) < 4.78 is 41.7. The molecule has 0 heterocycles. The SMILES string of the molecule is CCCN(CC(F)(F)F)C(=O)Oc1ccccc1. The van der Waals surface area contributed by atoms with Crippen molar-refractivity contribution < 1.29 is 22.7 Å². The van der Waals surface area contributed by atoms with Crippen molar-refractivity contribution in [1.82, 2.24) is 4.90 Å². The van der Waals surface area contributed by atoms with E-state index in [0.29, 0.717) is 11.3 Å². The smallest absolute Gasteiger partial charge is 0.410 e. The van der Waals surface area contributed by atoms with Crippen molar-refractivity contribution in [3.05, 3.63) is 30.3 Å². The topological polar surface area (TPSA) is 29.5 Å². The molecular weight excluding hydrogens is 247 g/mol. The van der Waals surface area contributed by atoms with Gasteiger partial charge in [-0.05, 0) is 18.6 Å². The average molecular weight is 261 g/mol. The maximum Gasteiger partial charge on any atom is 0.415 e. The summed E-state index contributed by atoms with van der Waals surface area (Å²) in [6.45, 7) is 0.400. The third-order valence-corrected chi connectivity index (χ3v) is 2.07. The van der Waals surface area contributed by atoms with Crippen LogP contribution >= 0.6 is 0 Å². The number of carbonyl (C=O) groups is 1. The van der Waals surface area contributed by atoms with Gasteiger partial charge >= 0.3 is 12.3 Å². The zero-order valence-corrected chi connectivity index (χ0v) is 9.91. The molecule has 1 rings (SSSR count). The quantitative estimate of drug-likeness (QED) is 0.830. The monoisotopic (exact) mass is 261 g/mol. The summed E-state index contributed by atoms with van der Waals surface area (Å²) in [6, 6.07) is 8.01. The number of hydrogen-bond donors (Lipinski definition) is 0. The van der Waals surface area contributed by atoms with Crippen LogP contribution in [0.3, 0.4) is 0 Å².